The lowest BCUT2D eigenvalue weighted by Crippen LogP contribution is -2.20. The van der Waals surface area contributed by atoms with E-state index < -0.39 is 0 Å². The van der Waals surface area contributed by atoms with Gasteiger partial charge in [0, 0.05) is 22.5 Å². The molecule has 1 nitrogen and oxygen atoms in total. The van der Waals surface area contributed by atoms with Crippen molar-refractivity contribution in [2.24, 2.45) is 0 Å². The zero-order valence-corrected chi connectivity index (χ0v) is 31.2. The molecule has 0 amide bonds. The molecule has 0 bridgehead atoms. The van der Waals surface area contributed by atoms with E-state index >= 15 is 0 Å². The highest BCUT2D eigenvalue weighted by Crippen LogP contribution is 2.56. The van der Waals surface area contributed by atoms with Crippen LogP contribution in [0.15, 0.2) is 200 Å². The maximum Gasteiger partial charge on any atom is 0.0715 e. The number of pyridine rings is 1. The van der Waals surface area contributed by atoms with E-state index in [4.69, 9.17) is 4.98 Å². The smallest absolute Gasteiger partial charge is 0.0715 e. The van der Waals surface area contributed by atoms with E-state index in [2.05, 4.69) is 208 Å². The van der Waals surface area contributed by atoms with Crippen molar-refractivity contribution in [1.82, 2.24) is 4.98 Å². The van der Waals surface area contributed by atoms with E-state index in [9.17, 15) is 0 Å². The monoisotopic (exact) mass is 703 g/mol. The molecule has 0 saturated carbocycles. The minimum absolute atomic E-state index is 0.0772. The van der Waals surface area contributed by atoms with Crippen LogP contribution in [0.25, 0.3) is 72.2 Å². The van der Waals surface area contributed by atoms with Crippen LogP contribution in [0.2, 0.25) is 0 Å². The fourth-order valence-corrected chi connectivity index (χ4v) is 9.05. The summed E-state index contributed by atoms with van der Waals surface area (Å²) in [6, 6.07) is 65.9. The van der Waals surface area contributed by atoms with E-state index in [0.29, 0.717) is 5.92 Å². The fourth-order valence-electron chi connectivity index (χ4n) is 9.05. The molecule has 0 aliphatic heterocycles. The Hall–Kier alpha value is -6.57. The van der Waals surface area contributed by atoms with Crippen LogP contribution in [-0.2, 0) is 5.41 Å². The number of benzene rings is 7. The van der Waals surface area contributed by atoms with Gasteiger partial charge < -0.3 is 0 Å². The SMILES string of the molecule is CC1(C)C2=C(C=CC(c3ccc(-c4cccc(-c5cc(-c6ccccc6)nc(-c6ccccc6)c5)c4)cc3)C2)c2c(-c3ccccc3)cc3ccccc3c21. The first-order valence-electron chi connectivity index (χ1n) is 19.4. The molecule has 7 aromatic carbocycles. The predicted molar refractivity (Wildman–Crippen MR) is 232 cm³/mol. The Morgan fingerprint density at radius 2 is 1.05 bits per heavy atom. The summed E-state index contributed by atoms with van der Waals surface area (Å²) in [6.07, 6.45) is 5.89. The number of aromatic nitrogens is 1. The van der Waals surface area contributed by atoms with Gasteiger partial charge in [-0.2, -0.15) is 0 Å². The quantitative estimate of drug-likeness (QED) is 0.168. The van der Waals surface area contributed by atoms with Gasteiger partial charge >= 0.3 is 0 Å². The number of rotatable bonds is 6. The summed E-state index contributed by atoms with van der Waals surface area (Å²) < 4.78 is 0. The average molecular weight is 704 g/mol. The Balaban J connectivity index is 0.968. The summed E-state index contributed by atoms with van der Waals surface area (Å²) in [5, 5.41) is 2.68. The standard InChI is InChI=1S/C54H41N/c1-54(2)49-33-43(29-30-47(49)52-48(38-15-6-3-7-16-38)32-44-21-12-13-24-46(44)53(52)54)37-27-25-36(26-28-37)41-22-14-23-42(31-41)45-34-50(39-17-8-4-9-18-39)55-51(35-45)40-19-10-5-11-20-40/h3-32,34-35,43H,33H2,1-2H3. The second-order valence-electron chi connectivity index (χ2n) is 15.5. The van der Waals surface area contributed by atoms with Crippen molar-refractivity contribution in [3.63, 3.8) is 0 Å². The second kappa shape index (κ2) is 13.4. The zero-order valence-electron chi connectivity index (χ0n) is 31.2. The van der Waals surface area contributed by atoms with Crippen LogP contribution in [0.3, 0.4) is 0 Å². The van der Waals surface area contributed by atoms with Crippen molar-refractivity contribution in [2.45, 2.75) is 31.6 Å². The highest BCUT2D eigenvalue weighted by atomic mass is 14.7. The Labute approximate surface area is 324 Å². The molecule has 0 spiro atoms. The molecule has 0 fully saturated rings. The van der Waals surface area contributed by atoms with E-state index in [0.717, 1.165) is 34.5 Å². The average Bonchev–Trinajstić information content (AvgIpc) is 3.50. The van der Waals surface area contributed by atoms with Crippen molar-refractivity contribution in [1.29, 1.82) is 0 Å². The summed E-state index contributed by atoms with van der Waals surface area (Å²) in [4.78, 5) is 5.10. The summed E-state index contributed by atoms with van der Waals surface area (Å²) in [6.45, 7) is 4.88. The maximum atomic E-state index is 5.10. The normalized spacial score (nSPS) is 15.6. The number of fused-ring (bicyclic) bond motifs is 4. The number of hydrogen-bond donors (Lipinski definition) is 0. The van der Waals surface area contributed by atoms with Crippen LogP contribution in [-0.4, -0.2) is 4.98 Å². The fraction of sp³-hybridized carbons (Fsp3) is 0.0926. The topological polar surface area (TPSA) is 12.9 Å². The third kappa shape index (κ3) is 5.84. The third-order valence-electron chi connectivity index (χ3n) is 11.9. The molecule has 1 atom stereocenters. The lowest BCUT2D eigenvalue weighted by molar-refractivity contribution is 0.595. The summed E-state index contributed by atoms with van der Waals surface area (Å²) >= 11 is 0. The molecule has 2 aliphatic rings. The van der Waals surface area contributed by atoms with Crippen LogP contribution < -0.4 is 0 Å². The molecule has 1 aromatic heterocycles. The van der Waals surface area contributed by atoms with Gasteiger partial charge in [0.1, 0.15) is 0 Å². The lowest BCUT2D eigenvalue weighted by atomic mass is 9.74. The first-order valence-corrected chi connectivity index (χ1v) is 19.4. The third-order valence-corrected chi connectivity index (χ3v) is 11.9. The minimum atomic E-state index is -0.0772. The van der Waals surface area contributed by atoms with Crippen molar-refractivity contribution in [3.05, 3.63) is 216 Å². The van der Waals surface area contributed by atoms with Crippen molar-refractivity contribution >= 4 is 16.3 Å². The number of allylic oxidation sites excluding steroid dienone is 4. The van der Waals surface area contributed by atoms with Crippen LogP contribution in [0.5, 0.6) is 0 Å². The molecule has 0 saturated heterocycles. The van der Waals surface area contributed by atoms with Crippen molar-refractivity contribution in [3.8, 4) is 55.9 Å². The van der Waals surface area contributed by atoms with Crippen molar-refractivity contribution < 1.29 is 0 Å². The van der Waals surface area contributed by atoms with Gasteiger partial charge in [-0.3, -0.25) is 0 Å². The second-order valence-corrected chi connectivity index (χ2v) is 15.5. The molecule has 1 unspecified atom stereocenters. The molecule has 262 valence electrons. The molecular formula is C54H41N. The van der Waals surface area contributed by atoms with Crippen molar-refractivity contribution in [2.75, 3.05) is 0 Å². The van der Waals surface area contributed by atoms with Gasteiger partial charge in [0.05, 0.1) is 11.4 Å². The zero-order chi connectivity index (χ0) is 36.9. The van der Waals surface area contributed by atoms with E-state index in [1.165, 1.54) is 60.9 Å². The van der Waals surface area contributed by atoms with Gasteiger partial charge in [-0.15, -0.1) is 0 Å². The van der Waals surface area contributed by atoms with E-state index in [1.807, 2.05) is 0 Å². The van der Waals surface area contributed by atoms with Gasteiger partial charge in [0.2, 0.25) is 0 Å². The van der Waals surface area contributed by atoms with Crippen LogP contribution in [0, 0.1) is 0 Å². The molecular weight excluding hydrogens is 663 g/mol. The molecule has 8 aromatic rings. The number of nitrogens with zero attached hydrogens (tertiary/aromatic N) is 1. The van der Waals surface area contributed by atoms with Gasteiger partial charge in [0.15, 0.2) is 0 Å². The van der Waals surface area contributed by atoms with Gasteiger partial charge in [0.25, 0.3) is 0 Å². The van der Waals surface area contributed by atoms with E-state index in [1.54, 1.807) is 5.57 Å². The lowest BCUT2D eigenvalue weighted by Gasteiger charge is -2.30. The van der Waals surface area contributed by atoms with Crippen LogP contribution in [0.4, 0.5) is 0 Å². The first kappa shape index (κ1) is 33.0. The first-order chi connectivity index (χ1) is 27.0. The minimum Gasteiger partial charge on any atom is -0.248 e. The molecule has 10 rings (SSSR count). The molecule has 0 radical (unpaired) electrons. The highest BCUT2D eigenvalue weighted by Gasteiger charge is 2.41. The Morgan fingerprint density at radius 1 is 0.491 bits per heavy atom. The van der Waals surface area contributed by atoms with Gasteiger partial charge in [-0.25, -0.2) is 4.98 Å². The van der Waals surface area contributed by atoms with Gasteiger partial charge in [-0.05, 0) is 97.1 Å². The maximum absolute atomic E-state index is 5.10. The summed E-state index contributed by atoms with van der Waals surface area (Å²) in [5.74, 6) is 0.323. The predicted octanol–water partition coefficient (Wildman–Crippen LogP) is 14.4. The van der Waals surface area contributed by atoms with Gasteiger partial charge in [-0.1, -0.05) is 189 Å². The number of hydrogen-bond acceptors (Lipinski definition) is 1. The molecule has 1 heterocycles. The molecule has 0 N–H and O–H groups in total. The van der Waals surface area contributed by atoms with Crippen LogP contribution >= 0.6 is 0 Å². The highest BCUT2D eigenvalue weighted by molar-refractivity contribution is 6.04. The Bertz CT molecular complexity index is 2710. The molecule has 1 heteroatoms. The summed E-state index contributed by atoms with van der Waals surface area (Å²) in [5.41, 5.74) is 18.7. The largest absolute Gasteiger partial charge is 0.248 e. The molecule has 2 aliphatic carbocycles. The summed E-state index contributed by atoms with van der Waals surface area (Å²) in [7, 11) is 0. The van der Waals surface area contributed by atoms with Crippen LogP contribution in [0.1, 0.15) is 42.9 Å². The Morgan fingerprint density at radius 3 is 1.71 bits per heavy atom. The molecule has 55 heavy (non-hydrogen) atoms. The Kier molecular flexibility index (Phi) is 8.03. The van der Waals surface area contributed by atoms with E-state index in [-0.39, 0.29) is 5.41 Å².